The molecule has 1 aromatic rings. The summed E-state index contributed by atoms with van der Waals surface area (Å²) in [6.45, 7) is 0. The van der Waals surface area contributed by atoms with Gasteiger partial charge in [0.1, 0.15) is 5.54 Å². The maximum absolute atomic E-state index is 13.0. The van der Waals surface area contributed by atoms with Crippen molar-refractivity contribution in [1.29, 1.82) is 0 Å². The van der Waals surface area contributed by atoms with Gasteiger partial charge in [0, 0.05) is 6.08 Å². The molecule has 1 saturated carbocycles. The number of rotatable bonds is 3. The van der Waals surface area contributed by atoms with E-state index >= 15 is 0 Å². The number of methoxy groups -OCH3 is 1. The van der Waals surface area contributed by atoms with Gasteiger partial charge in [0.05, 0.1) is 12.8 Å². The highest BCUT2D eigenvalue weighted by atomic mass is 16.5. The van der Waals surface area contributed by atoms with E-state index in [1.165, 1.54) is 18.1 Å². The summed E-state index contributed by atoms with van der Waals surface area (Å²) >= 11 is 0. The summed E-state index contributed by atoms with van der Waals surface area (Å²) in [5, 5.41) is 2.89. The highest BCUT2D eigenvalue weighted by molar-refractivity contribution is 6.24. The lowest BCUT2D eigenvalue weighted by molar-refractivity contribution is -0.134. The second-order valence-electron chi connectivity index (χ2n) is 6.13. The van der Waals surface area contributed by atoms with Gasteiger partial charge in [-0.25, -0.2) is 14.5 Å². The van der Waals surface area contributed by atoms with E-state index in [0.717, 1.165) is 19.3 Å². The molecule has 1 aliphatic heterocycles. The minimum Gasteiger partial charge on any atom is -0.466 e. The first-order valence-corrected chi connectivity index (χ1v) is 8.09. The van der Waals surface area contributed by atoms with E-state index in [2.05, 4.69) is 10.1 Å². The minimum absolute atomic E-state index is 0.203. The number of esters is 1. The molecule has 126 valence electrons. The van der Waals surface area contributed by atoms with Crippen molar-refractivity contribution in [2.24, 2.45) is 0 Å². The summed E-state index contributed by atoms with van der Waals surface area (Å²) in [6.07, 6.45) is 7.13. The van der Waals surface area contributed by atoms with Crippen LogP contribution in [0.25, 0.3) is 6.08 Å². The smallest absolute Gasteiger partial charge is 0.330 e. The summed E-state index contributed by atoms with van der Waals surface area (Å²) in [4.78, 5) is 38.0. The molecule has 6 heteroatoms. The van der Waals surface area contributed by atoms with E-state index in [1.54, 1.807) is 30.3 Å². The lowest BCUT2D eigenvalue weighted by Gasteiger charge is -2.30. The predicted octanol–water partition coefficient (Wildman–Crippen LogP) is 2.63. The second-order valence-corrected chi connectivity index (χ2v) is 6.13. The summed E-state index contributed by atoms with van der Waals surface area (Å²) in [5.41, 5.74) is 0.316. The monoisotopic (exact) mass is 328 g/mol. The van der Waals surface area contributed by atoms with Crippen molar-refractivity contribution in [1.82, 2.24) is 5.32 Å². The molecule has 0 radical (unpaired) electrons. The summed E-state index contributed by atoms with van der Waals surface area (Å²) in [6, 6.07) is 6.60. The largest absolute Gasteiger partial charge is 0.466 e. The molecule has 0 unspecified atom stereocenters. The number of hydrogen-bond acceptors (Lipinski definition) is 4. The Kier molecular flexibility index (Phi) is 4.38. The molecule has 1 aliphatic carbocycles. The van der Waals surface area contributed by atoms with E-state index in [0.29, 0.717) is 24.1 Å². The average molecular weight is 328 g/mol. The molecule has 1 saturated heterocycles. The first kappa shape index (κ1) is 16.2. The number of hydrogen-bond donors (Lipinski definition) is 1. The second kappa shape index (κ2) is 6.47. The van der Waals surface area contributed by atoms with Crippen LogP contribution in [0.2, 0.25) is 0 Å². The number of anilines is 1. The topological polar surface area (TPSA) is 75.7 Å². The molecular formula is C18H20N2O4. The fourth-order valence-corrected chi connectivity index (χ4v) is 3.39. The third-order valence-electron chi connectivity index (χ3n) is 4.65. The zero-order valence-corrected chi connectivity index (χ0v) is 13.6. The highest BCUT2D eigenvalue weighted by Gasteiger charge is 2.52. The van der Waals surface area contributed by atoms with Gasteiger partial charge >= 0.3 is 12.0 Å². The third-order valence-corrected chi connectivity index (χ3v) is 4.65. The van der Waals surface area contributed by atoms with Crippen molar-refractivity contribution in [3.8, 4) is 0 Å². The molecule has 24 heavy (non-hydrogen) atoms. The van der Waals surface area contributed by atoms with Gasteiger partial charge in [-0.1, -0.05) is 37.5 Å². The Labute approximate surface area is 140 Å². The van der Waals surface area contributed by atoms with Gasteiger partial charge in [0.25, 0.3) is 5.91 Å². The van der Waals surface area contributed by atoms with E-state index in [1.807, 2.05) is 0 Å². The molecular weight excluding hydrogens is 308 g/mol. The number of ether oxygens (including phenoxy) is 1. The molecule has 6 nitrogen and oxygen atoms in total. The fourth-order valence-electron chi connectivity index (χ4n) is 3.39. The van der Waals surface area contributed by atoms with Crippen molar-refractivity contribution in [2.75, 3.05) is 12.0 Å². The highest BCUT2D eigenvalue weighted by Crippen LogP contribution is 2.36. The molecule has 1 spiro atoms. The Hall–Kier alpha value is -2.63. The quantitative estimate of drug-likeness (QED) is 0.526. The van der Waals surface area contributed by atoms with Crippen LogP contribution in [-0.2, 0) is 14.3 Å². The zero-order chi connectivity index (χ0) is 17.2. The molecule has 1 N–H and O–H groups in total. The van der Waals surface area contributed by atoms with Gasteiger partial charge in [-0.2, -0.15) is 0 Å². The Bertz CT molecular complexity index is 705. The van der Waals surface area contributed by atoms with Crippen molar-refractivity contribution in [3.63, 3.8) is 0 Å². The van der Waals surface area contributed by atoms with E-state index < -0.39 is 17.5 Å². The average Bonchev–Trinajstić information content (AvgIpc) is 2.83. The number of carbonyl (C=O) groups is 3. The van der Waals surface area contributed by atoms with Crippen molar-refractivity contribution >= 4 is 29.7 Å². The van der Waals surface area contributed by atoms with E-state index in [9.17, 15) is 14.4 Å². The Morgan fingerprint density at radius 2 is 1.92 bits per heavy atom. The number of nitrogens with zero attached hydrogens (tertiary/aromatic N) is 1. The lowest BCUT2D eigenvalue weighted by atomic mass is 9.81. The van der Waals surface area contributed by atoms with Crippen LogP contribution in [0.4, 0.5) is 10.5 Å². The third kappa shape index (κ3) is 2.79. The molecule has 3 amide bonds. The van der Waals surface area contributed by atoms with Gasteiger partial charge in [-0.05, 0) is 30.5 Å². The number of urea groups is 1. The molecule has 3 rings (SSSR count). The number of carbonyl (C=O) groups excluding carboxylic acids is 3. The Balaban J connectivity index is 1.94. The summed E-state index contributed by atoms with van der Waals surface area (Å²) < 4.78 is 4.58. The zero-order valence-electron chi connectivity index (χ0n) is 13.6. The number of amides is 3. The number of imide groups is 1. The number of benzene rings is 1. The van der Waals surface area contributed by atoms with Crippen LogP contribution >= 0.6 is 0 Å². The lowest BCUT2D eigenvalue weighted by Crippen LogP contribution is -2.48. The first-order valence-electron chi connectivity index (χ1n) is 8.09. The first-order chi connectivity index (χ1) is 11.6. The molecule has 1 aromatic carbocycles. The molecule has 0 atom stereocenters. The van der Waals surface area contributed by atoms with Gasteiger partial charge in [0.2, 0.25) is 0 Å². The van der Waals surface area contributed by atoms with Crippen LogP contribution in [0.5, 0.6) is 0 Å². The summed E-state index contributed by atoms with van der Waals surface area (Å²) in [7, 11) is 1.29. The van der Waals surface area contributed by atoms with Crippen LogP contribution < -0.4 is 10.2 Å². The SMILES string of the molecule is COC(=O)/C=C/c1ccccc1N1C(=O)NC2(CCCCC2)C1=O. The van der Waals surface area contributed by atoms with Crippen LogP contribution in [0.15, 0.2) is 30.3 Å². The molecule has 1 heterocycles. The summed E-state index contributed by atoms with van der Waals surface area (Å²) in [5.74, 6) is -0.697. The van der Waals surface area contributed by atoms with Crippen LogP contribution in [0, 0.1) is 0 Å². The Morgan fingerprint density at radius 3 is 2.62 bits per heavy atom. The maximum Gasteiger partial charge on any atom is 0.330 e. The predicted molar refractivity (Wildman–Crippen MR) is 89.3 cm³/mol. The van der Waals surface area contributed by atoms with Crippen LogP contribution in [-0.4, -0.2) is 30.6 Å². The van der Waals surface area contributed by atoms with Crippen molar-refractivity contribution < 1.29 is 19.1 Å². The van der Waals surface area contributed by atoms with E-state index in [-0.39, 0.29) is 5.91 Å². The van der Waals surface area contributed by atoms with Gasteiger partial charge in [-0.15, -0.1) is 0 Å². The fraction of sp³-hybridized carbons (Fsp3) is 0.389. The minimum atomic E-state index is -0.769. The normalized spacial score (nSPS) is 19.8. The van der Waals surface area contributed by atoms with Crippen LogP contribution in [0.3, 0.4) is 0 Å². The van der Waals surface area contributed by atoms with E-state index in [4.69, 9.17) is 0 Å². The van der Waals surface area contributed by atoms with Gasteiger partial charge in [-0.3, -0.25) is 4.79 Å². The standard InChI is InChI=1S/C18H20N2O4/c1-24-15(21)10-9-13-7-3-4-8-14(13)20-16(22)18(19-17(20)23)11-5-2-6-12-18/h3-4,7-10H,2,5-6,11-12H2,1H3,(H,19,23)/b10-9+. The molecule has 0 bridgehead atoms. The Morgan fingerprint density at radius 1 is 1.21 bits per heavy atom. The van der Waals surface area contributed by atoms with Crippen LogP contribution in [0.1, 0.15) is 37.7 Å². The van der Waals surface area contributed by atoms with Gasteiger partial charge in [0.15, 0.2) is 0 Å². The number of nitrogens with one attached hydrogen (secondary N) is 1. The number of para-hydroxylation sites is 1. The molecule has 0 aromatic heterocycles. The van der Waals surface area contributed by atoms with Crippen molar-refractivity contribution in [3.05, 3.63) is 35.9 Å². The van der Waals surface area contributed by atoms with Crippen molar-refractivity contribution in [2.45, 2.75) is 37.6 Å². The van der Waals surface area contributed by atoms with Gasteiger partial charge < -0.3 is 10.1 Å². The molecule has 2 fully saturated rings. The molecule has 2 aliphatic rings. The maximum atomic E-state index is 13.0.